The minimum Gasteiger partial charge on any atom is -0.371 e. The Labute approximate surface area is 224 Å². The quantitative estimate of drug-likeness (QED) is 0.597. The number of ether oxygens (including phenoxy) is 1. The maximum Gasteiger partial charge on any atom is 0.344 e. The Kier molecular flexibility index (Phi) is 6.67. The summed E-state index contributed by atoms with van der Waals surface area (Å²) in [4.78, 5) is 20.2. The van der Waals surface area contributed by atoms with Gasteiger partial charge in [0, 0.05) is 66.9 Å². The minimum atomic E-state index is -0.0592. The van der Waals surface area contributed by atoms with Crippen LogP contribution in [0.1, 0.15) is 51.0 Å². The molecule has 2 atom stereocenters. The third-order valence-electron chi connectivity index (χ3n) is 8.62. The lowest BCUT2D eigenvalue weighted by Crippen LogP contribution is -2.53. The highest BCUT2D eigenvalue weighted by Gasteiger charge is 2.44. The van der Waals surface area contributed by atoms with E-state index in [0.29, 0.717) is 18.0 Å². The van der Waals surface area contributed by atoms with E-state index in [-0.39, 0.29) is 11.6 Å². The van der Waals surface area contributed by atoms with Gasteiger partial charge in [0.15, 0.2) is 5.82 Å². The van der Waals surface area contributed by atoms with Crippen molar-refractivity contribution in [2.75, 3.05) is 42.9 Å². The molecular formula is C28H37ClN6O2. The molecule has 198 valence electrons. The zero-order chi connectivity index (χ0) is 25.6. The number of allylic oxidation sites excluding steroid dienone is 1. The van der Waals surface area contributed by atoms with Gasteiger partial charge in [0.2, 0.25) is 0 Å². The van der Waals surface area contributed by atoms with Crippen LogP contribution in [0.5, 0.6) is 0 Å². The van der Waals surface area contributed by atoms with Crippen molar-refractivity contribution >= 4 is 29.1 Å². The number of fused-ring (bicyclic) bond motifs is 2. The number of rotatable bonds is 5. The Morgan fingerprint density at radius 2 is 1.92 bits per heavy atom. The summed E-state index contributed by atoms with van der Waals surface area (Å²) in [5.41, 5.74) is 3.55. The summed E-state index contributed by atoms with van der Waals surface area (Å²) >= 11 is 6.48. The fourth-order valence-corrected chi connectivity index (χ4v) is 6.93. The Bertz CT molecular complexity index is 1160. The van der Waals surface area contributed by atoms with Gasteiger partial charge in [-0.25, -0.2) is 4.79 Å². The summed E-state index contributed by atoms with van der Waals surface area (Å²) in [5, 5.41) is 8.24. The molecule has 5 heterocycles. The second kappa shape index (κ2) is 9.97. The number of nitrogens with one attached hydrogen (secondary N) is 1. The summed E-state index contributed by atoms with van der Waals surface area (Å²) in [6, 6.07) is 8.14. The van der Waals surface area contributed by atoms with Gasteiger partial charge < -0.3 is 19.9 Å². The van der Waals surface area contributed by atoms with Crippen molar-refractivity contribution in [1.29, 1.82) is 0 Å². The standard InChI is InChI=1S/C28H37ClN6O2/c1-20(2)30-26-8-13-35(31-26)27(36)32-14-10-28(11-15-32)9-3-12-34(28)17-21-4-5-22(29)16-25(21)33-18-23-6-7-24(19-33)37-23/h4-5,8,13,16,23-24H,1,3,6-7,9-12,14-15,17-19H2,2H3,(H,30,31). The first-order valence-electron chi connectivity index (χ1n) is 13.6. The van der Waals surface area contributed by atoms with Crippen molar-refractivity contribution in [3.8, 4) is 0 Å². The van der Waals surface area contributed by atoms with Crippen LogP contribution in [0.4, 0.5) is 16.3 Å². The normalized spacial score (nSPS) is 25.1. The maximum atomic E-state index is 13.1. The average molecular weight is 525 g/mol. The van der Waals surface area contributed by atoms with Gasteiger partial charge in [0.05, 0.1) is 12.2 Å². The molecule has 8 nitrogen and oxygen atoms in total. The molecule has 6 rings (SSSR count). The second-order valence-electron chi connectivity index (χ2n) is 11.2. The van der Waals surface area contributed by atoms with Gasteiger partial charge in [-0.05, 0) is 69.7 Å². The Hall–Kier alpha value is -2.55. The molecule has 1 aromatic carbocycles. The second-order valence-corrected chi connectivity index (χ2v) is 11.6. The highest BCUT2D eigenvalue weighted by atomic mass is 35.5. The van der Waals surface area contributed by atoms with Gasteiger partial charge in [0.1, 0.15) is 0 Å². The van der Waals surface area contributed by atoms with Crippen LogP contribution in [0.15, 0.2) is 42.7 Å². The molecule has 2 aromatic rings. The number of piperidine rings is 1. The van der Waals surface area contributed by atoms with E-state index in [0.717, 1.165) is 75.7 Å². The van der Waals surface area contributed by atoms with Crippen molar-refractivity contribution < 1.29 is 9.53 Å². The van der Waals surface area contributed by atoms with E-state index in [4.69, 9.17) is 16.3 Å². The van der Waals surface area contributed by atoms with E-state index in [1.54, 1.807) is 12.3 Å². The molecule has 1 amide bonds. The molecule has 9 heteroatoms. The van der Waals surface area contributed by atoms with Gasteiger partial charge in [-0.3, -0.25) is 4.90 Å². The first-order valence-corrected chi connectivity index (χ1v) is 14.0. The van der Waals surface area contributed by atoms with Crippen molar-refractivity contribution in [1.82, 2.24) is 19.6 Å². The number of halogens is 1. The summed E-state index contributed by atoms with van der Waals surface area (Å²) in [5.74, 6) is 0.642. The minimum absolute atomic E-state index is 0.0592. The van der Waals surface area contributed by atoms with Crippen LogP contribution in [0.3, 0.4) is 0 Å². The first-order chi connectivity index (χ1) is 17.9. The number of nitrogens with zero attached hydrogens (tertiary/aromatic N) is 5. The van der Waals surface area contributed by atoms with Crippen LogP contribution in [0.25, 0.3) is 0 Å². The Morgan fingerprint density at radius 1 is 1.16 bits per heavy atom. The number of benzene rings is 1. The molecule has 0 aliphatic carbocycles. The first kappa shape index (κ1) is 24.8. The number of morpholine rings is 1. The topological polar surface area (TPSA) is 65.9 Å². The summed E-state index contributed by atoms with van der Waals surface area (Å²) in [6.45, 7) is 11.1. The van der Waals surface area contributed by atoms with Crippen LogP contribution < -0.4 is 10.2 Å². The molecule has 4 aliphatic heterocycles. The third kappa shape index (κ3) is 4.99. The Balaban J connectivity index is 1.14. The van der Waals surface area contributed by atoms with E-state index >= 15 is 0 Å². The highest BCUT2D eigenvalue weighted by Crippen LogP contribution is 2.41. The van der Waals surface area contributed by atoms with Crippen molar-refractivity contribution in [3.63, 3.8) is 0 Å². The van der Waals surface area contributed by atoms with Gasteiger partial charge in [-0.1, -0.05) is 24.2 Å². The van der Waals surface area contributed by atoms with Gasteiger partial charge in [-0.2, -0.15) is 4.68 Å². The van der Waals surface area contributed by atoms with Crippen molar-refractivity contribution in [2.45, 2.75) is 69.7 Å². The van der Waals surface area contributed by atoms with Crippen LogP contribution >= 0.6 is 11.6 Å². The molecule has 37 heavy (non-hydrogen) atoms. The number of carbonyl (C=O) groups is 1. The predicted octanol–water partition coefficient (Wildman–Crippen LogP) is 4.95. The van der Waals surface area contributed by atoms with Crippen LogP contribution in [0.2, 0.25) is 5.02 Å². The molecule has 0 radical (unpaired) electrons. The molecule has 1 aromatic heterocycles. The lowest BCUT2D eigenvalue weighted by atomic mass is 9.84. The lowest BCUT2D eigenvalue weighted by Gasteiger charge is -2.45. The molecule has 4 aliphatic rings. The molecule has 0 saturated carbocycles. The number of amides is 1. The summed E-state index contributed by atoms with van der Waals surface area (Å²) in [7, 11) is 0. The molecule has 2 bridgehead atoms. The Morgan fingerprint density at radius 3 is 2.65 bits per heavy atom. The van der Waals surface area contributed by atoms with Gasteiger partial charge in [0.25, 0.3) is 0 Å². The largest absolute Gasteiger partial charge is 0.371 e. The van der Waals surface area contributed by atoms with E-state index in [1.807, 2.05) is 17.9 Å². The SMILES string of the molecule is C=C(C)Nc1ccn(C(=O)N2CCC3(CCCN3Cc3ccc(Cl)cc3N3CC4CCC(C3)O4)CC2)n1. The molecule has 1 spiro atoms. The number of carbonyl (C=O) groups excluding carboxylic acids is 1. The van der Waals surface area contributed by atoms with Crippen LogP contribution in [0, 0.1) is 0 Å². The summed E-state index contributed by atoms with van der Waals surface area (Å²) in [6.07, 6.45) is 9.09. The third-order valence-corrected chi connectivity index (χ3v) is 8.86. The van der Waals surface area contributed by atoms with Crippen molar-refractivity contribution in [3.05, 3.63) is 53.3 Å². The number of aromatic nitrogens is 2. The van der Waals surface area contributed by atoms with Gasteiger partial charge >= 0.3 is 6.03 Å². The predicted molar refractivity (Wildman–Crippen MR) is 146 cm³/mol. The number of anilines is 2. The monoisotopic (exact) mass is 524 g/mol. The van der Waals surface area contributed by atoms with E-state index in [9.17, 15) is 4.79 Å². The average Bonchev–Trinajstić information content (AvgIpc) is 3.59. The fourth-order valence-electron chi connectivity index (χ4n) is 6.76. The highest BCUT2D eigenvalue weighted by molar-refractivity contribution is 6.30. The molecule has 4 saturated heterocycles. The van der Waals surface area contributed by atoms with Crippen LogP contribution in [-0.4, -0.2) is 76.1 Å². The van der Waals surface area contributed by atoms with Crippen molar-refractivity contribution in [2.24, 2.45) is 0 Å². The molecular weight excluding hydrogens is 488 g/mol. The van der Waals surface area contributed by atoms with Gasteiger partial charge in [-0.15, -0.1) is 5.10 Å². The smallest absolute Gasteiger partial charge is 0.344 e. The number of likely N-dealkylation sites (tertiary alicyclic amines) is 2. The zero-order valence-corrected chi connectivity index (χ0v) is 22.4. The molecule has 4 fully saturated rings. The van der Waals surface area contributed by atoms with E-state index < -0.39 is 0 Å². The van der Waals surface area contributed by atoms with E-state index in [1.165, 1.54) is 28.8 Å². The number of hydrogen-bond donors (Lipinski definition) is 1. The zero-order valence-electron chi connectivity index (χ0n) is 21.7. The van der Waals surface area contributed by atoms with Crippen LogP contribution in [-0.2, 0) is 11.3 Å². The number of hydrogen-bond acceptors (Lipinski definition) is 6. The van der Waals surface area contributed by atoms with E-state index in [2.05, 4.69) is 38.9 Å². The molecule has 2 unspecified atom stereocenters. The summed E-state index contributed by atoms with van der Waals surface area (Å²) < 4.78 is 7.53. The lowest BCUT2D eigenvalue weighted by molar-refractivity contribution is 0.0301. The fraction of sp³-hybridized carbons (Fsp3) is 0.571. The maximum absolute atomic E-state index is 13.1. The molecule has 1 N–H and O–H groups in total.